The Morgan fingerprint density at radius 3 is 1.34 bits per heavy atom. The lowest BCUT2D eigenvalue weighted by Gasteiger charge is -2.37. The van der Waals surface area contributed by atoms with Crippen LogP contribution in [0, 0.1) is 0 Å². The van der Waals surface area contributed by atoms with Crippen LogP contribution in [0.15, 0.2) is 206 Å². The molecule has 0 radical (unpaired) electrons. The van der Waals surface area contributed by atoms with E-state index in [-0.39, 0.29) is 6.71 Å². The first-order valence-electron chi connectivity index (χ1n) is 20.1. The normalized spacial score (nSPS) is 12.4. The third kappa shape index (κ3) is 4.29. The van der Waals surface area contributed by atoms with E-state index in [0.717, 1.165) is 17.1 Å². The molecule has 0 saturated heterocycles. The molecule has 0 spiro atoms. The summed E-state index contributed by atoms with van der Waals surface area (Å²) < 4.78 is 5.13. The van der Waals surface area contributed by atoms with Crippen molar-refractivity contribution in [3.63, 3.8) is 0 Å². The number of fused-ring (bicyclic) bond motifs is 10. The zero-order chi connectivity index (χ0) is 37.9. The van der Waals surface area contributed by atoms with Crippen LogP contribution >= 0.6 is 0 Å². The molecule has 0 saturated carbocycles. The number of rotatable bonds is 5. The van der Waals surface area contributed by atoms with Crippen LogP contribution in [0.5, 0.6) is 0 Å². The summed E-state index contributed by atoms with van der Waals surface area (Å²) in [6, 6.07) is 76.1. The maximum Gasteiger partial charge on any atom is 0.252 e. The SMILES string of the molecule is c1ccc(-c2ccc(N(c3ccc(-c4ccccc4)cc3)c3ccc4c5c3-n3c6ccccc6c6cccc(c63)B5c3cccc5c6ccccc6n-4c35)cc2)cc1. The van der Waals surface area contributed by atoms with Crippen molar-refractivity contribution in [2.75, 3.05) is 4.90 Å². The zero-order valence-electron chi connectivity index (χ0n) is 31.5. The summed E-state index contributed by atoms with van der Waals surface area (Å²) in [4.78, 5) is 2.48. The van der Waals surface area contributed by atoms with Gasteiger partial charge in [0.05, 0.1) is 22.4 Å². The van der Waals surface area contributed by atoms with Crippen molar-refractivity contribution in [2.24, 2.45) is 0 Å². The van der Waals surface area contributed by atoms with E-state index in [1.54, 1.807) is 0 Å². The van der Waals surface area contributed by atoms with E-state index in [1.807, 2.05) is 0 Å². The Morgan fingerprint density at radius 1 is 0.345 bits per heavy atom. The minimum absolute atomic E-state index is 0.0498. The molecular weight excluding hydrogens is 701 g/mol. The standard InChI is InChI=1S/C54H34BN3/c1-3-13-35(14-4-1)37-25-29-39(30-26-37)56(40-31-27-38(28-32-40)36-15-5-2-6-16-36)50-34-33-49-51-54(50)58-48-24-10-8-18-42(48)44-20-12-22-46(53(44)58)55(51)45-21-11-19-43-41-17-7-9-23-47(41)57(49)52(43)45/h1-34H. The van der Waals surface area contributed by atoms with Crippen LogP contribution in [0.1, 0.15) is 0 Å². The van der Waals surface area contributed by atoms with Gasteiger partial charge in [0.1, 0.15) is 0 Å². The van der Waals surface area contributed by atoms with Gasteiger partial charge in [-0.1, -0.05) is 158 Å². The monoisotopic (exact) mass is 735 g/mol. The van der Waals surface area contributed by atoms with Crippen molar-refractivity contribution in [1.29, 1.82) is 0 Å². The van der Waals surface area contributed by atoms with Crippen LogP contribution in [0.3, 0.4) is 0 Å². The molecule has 0 atom stereocenters. The second kappa shape index (κ2) is 12.0. The smallest absolute Gasteiger partial charge is 0.252 e. The lowest BCUT2D eigenvalue weighted by molar-refractivity contribution is 1.12. The van der Waals surface area contributed by atoms with Crippen molar-refractivity contribution in [3.8, 4) is 33.6 Å². The summed E-state index contributed by atoms with van der Waals surface area (Å²) in [6.07, 6.45) is 0. The van der Waals surface area contributed by atoms with Gasteiger partial charge in [0.15, 0.2) is 0 Å². The van der Waals surface area contributed by atoms with Gasteiger partial charge in [0.2, 0.25) is 0 Å². The fourth-order valence-corrected chi connectivity index (χ4v) is 10.3. The second-order valence-corrected chi connectivity index (χ2v) is 15.7. The molecule has 0 unspecified atom stereocenters. The predicted octanol–water partition coefficient (Wildman–Crippen LogP) is 11.8. The van der Waals surface area contributed by atoms with Crippen molar-refractivity contribution >= 4 is 83.8 Å². The first-order chi connectivity index (χ1) is 28.8. The summed E-state index contributed by atoms with van der Waals surface area (Å²) >= 11 is 0. The molecule has 4 heterocycles. The van der Waals surface area contributed by atoms with E-state index in [0.29, 0.717) is 0 Å². The molecule has 0 bridgehead atoms. The molecular formula is C54H34BN3. The number of hydrogen-bond donors (Lipinski definition) is 0. The second-order valence-electron chi connectivity index (χ2n) is 15.7. The lowest BCUT2D eigenvalue weighted by atomic mass is 9.34. The summed E-state index contributed by atoms with van der Waals surface area (Å²) in [5.74, 6) is 0. The largest absolute Gasteiger partial charge is 0.310 e. The molecule has 58 heavy (non-hydrogen) atoms. The van der Waals surface area contributed by atoms with Crippen LogP contribution in [0.4, 0.5) is 17.1 Å². The summed E-state index contributed by atoms with van der Waals surface area (Å²) in [5.41, 5.74) is 19.8. The first-order valence-corrected chi connectivity index (χ1v) is 20.1. The predicted molar refractivity (Wildman–Crippen MR) is 245 cm³/mol. The highest BCUT2D eigenvalue weighted by Crippen LogP contribution is 2.45. The van der Waals surface area contributed by atoms with Crippen LogP contribution in [-0.2, 0) is 0 Å². The molecule has 11 aromatic rings. The molecule has 2 aliphatic rings. The molecule has 2 aromatic heterocycles. The highest BCUT2D eigenvalue weighted by molar-refractivity contribution is 7.00. The third-order valence-electron chi connectivity index (χ3n) is 12.7. The lowest BCUT2D eigenvalue weighted by Crippen LogP contribution is -2.59. The summed E-state index contributed by atoms with van der Waals surface area (Å²) in [7, 11) is 0. The topological polar surface area (TPSA) is 13.1 Å². The quantitative estimate of drug-likeness (QED) is 0.160. The minimum atomic E-state index is 0.0498. The number of nitrogens with zero attached hydrogens (tertiary/aromatic N) is 3. The minimum Gasteiger partial charge on any atom is -0.310 e. The van der Waals surface area contributed by atoms with E-state index in [4.69, 9.17) is 0 Å². The Labute approximate surface area is 336 Å². The van der Waals surface area contributed by atoms with Gasteiger partial charge in [0.25, 0.3) is 6.71 Å². The molecule has 4 heteroatoms. The first kappa shape index (κ1) is 31.6. The summed E-state index contributed by atoms with van der Waals surface area (Å²) in [5, 5.41) is 5.16. The Kier molecular flexibility index (Phi) is 6.53. The summed E-state index contributed by atoms with van der Waals surface area (Å²) in [6.45, 7) is 0.0498. The van der Waals surface area contributed by atoms with E-state index in [9.17, 15) is 0 Å². The third-order valence-corrected chi connectivity index (χ3v) is 12.7. The molecule has 2 aliphatic heterocycles. The van der Waals surface area contributed by atoms with Crippen LogP contribution in [0.25, 0.3) is 77.2 Å². The van der Waals surface area contributed by atoms with E-state index in [2.05, 4.69) is 220 Å². The zero-order valence-corrected chi connectivity index (χ0v) is 31.5. The highest BCUT2D eigenvalue weighted by atomic mass is 15.2. The number of anilines is 3. The van der Waals surface area contributed by atoms with Gasteiger partial charge in [-0.05, 0) is 87.2 Å². The number of benzene rings is 9. The average Bonchev–Trinajstić information content (AvgIpc) is 3.82. The van der Waals surface area contributed by atoms with Crippen molar-refractivity contribution in [2.45, 2.75) is 0 Å². The molecule has 13 rings (SSSR count). The maximum absolute atomic E-state index is 2.59. The van der Waals surface area contributed by atoms with Gasteiger partial charge >= 0.3 is 0 Å². The number of hydrogen-bond acceptors (Lipinski definition) is 1. The van der Waals surface area contributed by atoms with E-state index in [1.165, 1.54) is 93.6 Å². The molecule has 0 fully saturated rings. The Hall–Kier alpha value is -7.56. The van der Waals surface area contributed by atoms with Gasteiger partial charge in [0, 0.05) is 49.6 Å². The maximum atomic E-state index is 2.59. The van der Waals surface area contributed by atoms with Gasteiger partial charge in [-0.2, -0.15) is 0 Å². The van der Waals surface area contributed by atoms with Gasteiger partial charge < -0.3 is 14.0 Å². The number of aromatic nitrogens is 2. The number of para-hydroxylation sites is 4. The van der Waals surface area contributed by atoms with Gasteiger partial charge in [-0.15, -0.1) is 0 Å². The average molecular weight is 736 g/mol. The van der Waals surface area contributed by atoms with Crippen molar-refractivity contribution < 1.29 is 0 Å². The van der Waals surface area contributed by atoms with E-state index >= 15 is 0 Å². The fourth-order valence-electron chi connectivity index (χ4n) is 10.3. The molecule has 3 nitrogen and oxygen atoms in total. The van der Waals surface area contributed by atoms with Gasteiger partial charge in [-0.3, -0.25) is 0 Å². The Balaban J connectivity index is 1.15. The molecule has 9 aromatic carbocycles. The fraction of sp³-hybridized carbons (Fsp3) is 0. The Bertz CT molecular complexity index is 3350. The molecule has 0 N–H and O–H groups in total. The van der Waals surface area contributed by atoms with Gasteiger partial charge in [-0.25, -0.2) is 0 Å². The Morgan fingerprint density at radius 2 is 0.793 bits per heavy atom. The van der Waals surface area contributed by atoms with Crippen LogP contribution in [0.2, 0.25) is 0 Å². The van der Waals surface area contributed by atoms with Crippen molar-refractivity contribution in [1.82, 2.24) is 9.13 Å². The molecule has 0 amide bonds. The molecule has 0 aliphatic carbocycles. The van der Waals surface area contributed by atoms with Crippen molar-refractivity contribution in [3.05, 3.63) is 206 Å². The highest BCUT2D eigenvalue weighted by Gasteiger charge is 2.42. The van der Waals surface area contributed by atoms with Crippen LogP contribution in [-0.4, -0.2) is 15.8 Å². The van der Waals surface area contributed by atoms with E-state index < -0.39 is 0 Å². The van der Waals surface area contributed by atoms with Crippen LogP contribution < -0.4 is 21.3 Å². The molecule has 268 valence electrons.